The van der Waals surface area contributed by atoms with Crippen molar-refractivity contribution in [3.05, 3.63) is 431 Å². The van der Waals surface area contributed by atoms with E-state index in [0.717, 1.165) is 0 Å². The minimum absolute atomic E-state index is 0. The van der Waals surface area contributed by atoms with Gasteiger partial charge in [-0.1, -0.05) is 364 Å². The van der Waals surface area contributed by atoms with Gasteiger partial charge in [0.25, 0.3) is 0 Å². The van der Waals surface area contributed by atoms with E-state index >= 15 is 0 Å². The van der Waals surface area contributed by atoms with Crippen LogP contribution in [0.2, 0.25) is 0 Å². The fourth-order valence-electron chi connectivity index (χ4n) is 10.6. The van der Waals surface area contributed by atoms with E-state index < -0.39 is 40.5 Å². The van der Waals surface area contributed by atoms with E-state index in [1.807, 2.05) is 146 Å². The largest absolute Gasteiger partial charge is 1.00 e. The van der Waals surface area contributed by atoms with Gasteiger partial charge in [-0.25, -0.2) is 33.7 Å². The van der Waals surface area contributed by atoms with Gasteiger partial charge >= 0.3 is 118 Å². The summed E-state index contributed by atoms with van der Waals surface area (Å²) in [4.78, 5) is -0.831. The van der Waals surface area contributed by atoms with Crippen molar-refractivity contribution in [3.63, 3.8) is 0 Å². The topological polar surface area (TPSA) is 229 Å². The van der Waals surface area contributed by atoms with Crippen LogP contribution in [0.3, 0.4) is 0 Å². The molecule has 12 aromatic carbocycles. The summed E-state index contributed by atoms with van der Waals surface area (Å²) in [6.07, 6.45) is 0. The minimum atomic E-state index is -4.68. The van der Waals surface area contributed by atoms with Crippen molar-refractivity contribution in [1.82, 2.24) is 0 Å². The van der Waals surface area contributed by atoms with Crippen molar-refractivity contribution in [1.29, 1.82) is 0 Å². The molecule has 12 rings (SSSR count). The Kier molecular flexibility index (Phi) is 34.2. The first-order valence-electron chi connectivity index (χ1n) is 29.7. The molecule has 0 heterocycles. The summed E-state index contributed by atoms with van der Waals surface area (Å²) in [6, 6.07) is 107. The number of hydrogen-bond donors (Lipinski definition) is 0. The predicted molar refractivity (Wildman–Crippen MR) is 380 cm³/mol. The molecule has 0 unspecified atom stereocenters. The monoisotopic (exact) mass is 1430 g/mol. The number of hydrogen-bond acceptors (Lipinski definition) is 12. The zero-order valence-electron chi connectivity index (χ0n) is 55.2. The van der Waals surface area contributed by atoms with Gasteiger partial charge in [0.05, 0.1) is 19.6 Å². The Labute approximate surface area is 674 Å². The maximum absolute atomic E-state index is 12.1. The van der Waals surface area contributed by atoms with Crippen LogP contribution in [0.1, 0.15) is 66.8 Å². The summed E-state index contributed by atoms with van der Waals surface area (Å²) in [5.74, 6) is 0. The average Bonchev–Trinajstić information content (AvgIpc) is 0.806. The van der Waals surface area contributed by atoms with Crippen molar-refractivity contribution in [3.8, 4) is 0 Å². The van der Waals surface area contributed by atoms with E-state index in [2.05, 4.69) is 0 Å². The molecule has 20 heteroatoms. The molecular weight excluding hydrogens is 1370 g/mol. The van der Waals surface area contributed by atoms with E-state index in [0.29, 0.717) is 89.1 Å². The van der Waals surface area contributed by atoms with Crippen LogP contribution in [-0.4, -0.2) is 51.9 Å². The second-order valence-electron chi connectivity index (χ2n) is 21.0. The zero-order chi connectivity index (χ0) is 68.0. The molecule has 0 aliphatic rings. The van der Waals surface area contributed by atoms with Crippen molar-refractivity contribution in [2.75, 3.05) is 0 Å². The van der Waals surface area contributed by atoms with Crippen LogP contribution in [0.4, 0.5) is 0 Å². The molecule has 0 amide bonds. The third-order valence-electron chi connectivity index (χ3n) is 14.6. The van der Waals surface area contributed by atoms with Gasteiger partial charge in [-0.05, 0) is 66.8 Å². The predicted octanol–water partition coefficient (Wildman–Crippen LogP) is 4.61. The van der Waals surface area contributed by atoms with E-state index in [9.17, 15) is 51.9 Å². The van der Waals surface area contributed by atoms with Crippen LogP contribution < -0.4 is 118 Å². The molecule has 0 aromatic heterocycles. The average molecular weight is 1430 g/mol. The van der Waals surface area contributed by atoms with E-state index in [1.165, 1.54) is 0 Å². The Balaban J connectivity index is 0.000000237. The molecule has 0 bridgehead atoms. The Morgan fingerprint density at radius 3 is 0.310 bits per heavy atom. The van der Waals surface area contributed by atoms with Gasteiger partial charge in [0.1, 0.15) is 40.5 Å². The first-order valence-corrected chi connectivity index (χ1v) is 35.4. The molecule has 480 valence electrons. The van der Waals surface area contributed by atoms with Crippen molar-refractivity contribution in [2.24, 2.45) is 0 Å². The van der Waals surface area contributed by atoms with Crippen LogP contribution in [0.15, 0.2) is 364 Å². The summed E-state index contributed by atoms with van der Waals surface area (Å²) >= 11 is 0. The molecular formula is C80H60Na4O12S4. The Bertz CT molecular complexity index is 4300. The quantitative estimate of drug-likeness (QED) is 0.0734. The fourth-order valence-corrected chi connectivity index (χ4v) is 14.2. The molecule has 0 N–H and O–H groups in total. The van der Waals surface area contributed by atoms with Crippen LogP contribution in [0.25, 0.3) is 41.9 Å². The van der Waals surface area contributed by atoms with Crippen molar-refractivity contribution < 1.29 is 170 Å². The Morgan fingerprint density at radius 2 is 0.230 bits per heavy atom. The Morgan fingerprint density at radius 1 is 0.150 bits per heavy atom. The molecule has 0 atom stereocenters. The minimum Gasteiger partial charge on any atom is -0.744 e. The third kappa shape index (κ3) is 23.7. The van der Waals surface area contributed by atoms with Crippen LogP contribution in [0, 0.1) is 0 Å². The zero-order valence-corrected chi connectivity index (χ0v) is 66.4. The molecule has 0 saturated carbocycles. The molecule has 100 heavy (non-hydrogen) atoms. The molecule has 0 radical (unpaired) electrons. The van der Waals surface area contributed by atoms with Gasteiger partial charge in [0.2, 0.25) is 0 Å². The van der Waals surface area contributed by atoms with Gasteiger partial charge < -0.3 is 18.2 Å². The van der Waals surface area contributed by atoms with E-state index in [-0.39, 0.29) is 138 Å². The molecule has 12 nitrogen and oxygen atoms in total. The van der Waals surface area contributed by atoms with Crippen LogP contribution in [0.5, 0.6) is 0 Å². The van der Waals surface area contributed by atoms with Gasteiger partial charge in [0.15, 0.2) is 0 Å². The Hall–Kier alpha value is -6.76. The fraction of sp³-hybridized carbons (Fsp3) is 0. The first-order chi connectivity index (χ1) is 46.3. The van der Waals surface area contributed by atoms with Crippen molar-refractivity contribution in [2.45, 2.75) is 0 Å². The maximum Gasteiger partial charge on any atom is 1.00 e. The summed E-state index contributed by atoms with van der Waals surface area (Å²) in [7, 11) is -18.7. The van der Waals surface area contributed by atoms with Gasteiger partial charge in [-0.2, -0.15) is 0 Å². The third-order valence-corrected chi connectivity index (χ3v) is 18.3. The first kappa shape index (κ1) is 83.9. The SMILES string of the molecule is O=S(=O)([O-])C(=C(c1ccccc1)c1ccccc1)c1ccccc1.O=S(=O)([O-])C(=C(c1ccccc1)c1ccccc1)c1ccccc1.O=S(=O)([O-])C(=C(c1ccccc1)c1ccccc1)c1ccccc1.O=S(=O)([O-])C(=C(c1ccccc1)c1ccccc1)c1ccccc1.[Na+].[Na+].[Na+].[Na+]. The van der Waals surface area contributed by atoms with E-state index in [4.69, 9.17) is 0 Å². The van der Waals surface area contributed by atoms with Gasteiger partial charge in [-0.15, -0.1) is 0 Å². The van der Waals surface area contributed by atoms with E-state index in [1.54, 1.807) is 218 Å². The molecule has 0 saturated heterocycles. The van der Waals surface area contributed by atoms with Gasteiger partial charge in [0, 0.05) is 22.3 Å². The molecule has 0 aliphatic carbocycles. The second-order valence-corrected chi connectivity index (χ2v) is 26.3. The standard InChI is InChI=1S/4C20H16O3S.4Na/c4*21-24(22,23)20(18-14-8-3-9-15-18)19(16-10-4-1-5-11-16)17-12-6-2-7-13-17;;;;/h4*1-15H,(H,21,22,23);;;;/q;;;;4*+1/p-4. The van der Waals surface area contributed by atoms with Gasteiger partial charge in [-0.3, -0.25) is 0 Å². The summed E-state index contributed by atoms with van der Waals surface area (Å²) in [6.45, 7) is 0. The molecule has 12 aromatic rings. The second kappa shape index (κ2) is 40.8. The molecule has 0 aliphatic heterocycles. The summed E-state index contributed by atoms with van der Waals surface area (Å²) in [5.41, 5.74) is 8.65. The van der Waals surface area contributed by atoms with Crippen LogP contribution >= 0.6 is 0 Å². The summed E-state index contributed by atoms with van der Waals surface area (Å²) in [5, 5.41) is 0. The normalized spacial score (nSPS) is 10.6. The number of rotatable bonds is 16. The smallest absolute Gasteiger partial charge is 0.744 e. The van der Waals surface area contributed by atoms with Crippen LogP contribution in [-0.2, 0) is 40.5 Å². The maximum atomic E-state index is 12.1. The molecule has 0 spiro atoms. The summed E-state index contributed by atoms with van der Waals surface area (Å²) < 4.78 is 145. The van der Waals surface area contributed by atoms with Crippen molar-refractivity contribution >= 4 is 82.4 Å². The molecule has 0 fully saturated rings. The number of benzene rings is 12.